The second-order valence-electron chi connectivity index (χ2n) is 6.13. The summed E-state index contributed by atoms with van der Waals surface area (Å²) in [5.41, 5.74) is 3.55. The molecule has 0 unspecified atom stereocenters. The Hall–Kier alpha value is -2.94. The van der Waals surface area contributed by atoms with E-state index >= 15 is 0 Å². The van der Waals surface area contributed by atoms with Crippen LogP contribution in [-0.4, -0.2) is 32.3 Å². The summed E-state index contributed by atoms with van der Waals surface area (Å²) >= 11 is -0.164. The number of aromatic nitrogens is 1. The van der Waals surface area contributed by atoms with E-state index in [1.54, 1.807) is 0 Å². The number of benzene rings is 3. The number of hydrogen-bond donors (Lipinski definition) is 0. The van der Waals surface area contributed by atoms with Gasteiger partial charge in [0.2, 0.25) is 0 Å². The first-order valence-electron chi connectivity index (χ1n) is 8.69. The van der Waals surface area contributed by atoms with Crippen LogP contribution in [0.25, 0.3) is 11.3 Å². The van der Waals surface area contributed by atoms with Crippen molar-refractivity contribution in [1.82, 2.24) is 4.98 Å². The van der Waals surface area contributed by atoms with Gasteiger partial charge < -0.3 is 0 Å². The van der Waals surface area contributed by atoms with Crippen LogP contribution in [0.5, 0.6) is 0 Å². The van der Waals surface area contributed by atoms with Crippen LogP contribution < -0.4 is 4.90 Å². The van der Waals surface area contributed by atoms with Crippen LogP contribution >= 0.6 is 0 Å². The zero-order valence-electron chi connectivity index (χ0n) is 14.9. The SMILES string of the molecule is CN(c1ccccc1)c1nc(-c2ccccc2)c(C(=O)c2ccccc2)[se]1. The quantitative estimate of drug-likeness (QED) is 0.345. The molecule has 0 saturated carbocycles. The van der Waals surface area contributed by atoms with Crippen molar-refractivity contribution in [3.05, 3.63) is 101 Å². The average molecular weight is 417 g/mol. The molecule has 4 aromatic rings. The summed E-state index contributed by atoms with van der Waals surface area (Å²) in [5, 5.41) is 0. The van der Waals surface area contributed by atoms with Crippen molar-refractivity contribution in [2.24, 2.45) is 0 Å². The molecule has 0 aliphatic carbocycles. The molecule has 0 bridgehead atoms. The number of hydrogen-bond acceptors (Lipinski definition) is 3. The van der Waals surface area contributed by atoms with E-state index in [4.69, 9.17) is 4.98 Å². The standard InChI is InChI=1S/C23H18N2OSe/c1-25(19-15-9-4-10-16-19)23-24-20(17-11-5-2-6-12-17)22(27-23)21(26)18-13-7-3-8-14-18/h2-16H,1H3. The van der Waals surface area contributed by atoms with E-state index in [0.29, 0.717) is 5.56 Å². The molecule has 3 nitrogen and oxygen atoms in total. The van der Waals surface area contributed by atoms with E-state index in [1.807, 2.05) is 85.9 Å². The molecular formula is C23H18N2OSe. The predicted octanol–water partition coefficient (Wildman–Crippen LogP) is 4.80. The number of carbonyl (C=O) groups excluding carboxylic acids is 1. The molecule has 4 rings (SSSR count). The van der Waals surface area contributed by atoms with Crippen LogP contribution in [-0.2, 0) is 0 Å². The van der Waals surface area contributed by atoms with Crippen molar-refractivity contribution in [2.75, 3.05) is 11.9 Å². The summed E-state index contributed by atoms with van der Waals surface area (Å²) < 4.78 is 1.74. The minimum absolute atomic E-state index is 0.0645. The Morgan fingerprint density at radius 1 is 0.815 bits per heavy atom. The van der Waals surface area contributed by atoms with Crippen LogP contribution in [0.2, 0.25) is 0 Å². The zero-order chi connectivity index (χ0) is 18.6. The molecule has 0 radical (unpaired) electrons. The van der Waals surface area contributed by atoms with Gasteiger partial charge in [-0.25, -0.2) is 0 Å². The van der Waals surface area contributed by atoms with E-state index in [0.717, 1.165) is 26.1 Å². The zero-order valence-corrected chi connectivity index (χ0v) is 16.6. The number of carbonyl (C=O) groups is 1. The maximum atomic E-state index is 13.2. The molecule has 0 N–H and O–H groups in total. The predicted molar refractivity (Wildman–Crippen MR) is 111 cm³/mol. The minimum atomic E-state index is -0.164. The first kappa shape index (κ1) is 17.5. The van der Waals surface area contributed by atoms with Gasteiger partial charge in [-0.15, -0.1) is 0 Å². The van der Waals surface area contributed by atoms with E-state index in [-0.39, 0.29) is 20.3 Å². The van der Waals surface area contributed by atoms with Gasteiger partial charge in [0, 0.05) is 0 Å². The summed E-state index contributed by atoms with van der Waals surface area (Å²) in [4.78, 5) is 20.2. The van der Waals surface area contributed by atoms with Crippen LogP contribution in [0, 0.1) is 0 Å². The van der Waals surface area contributed by atoms with Crippen LogP contribution in [0.3, 0.4) is 0 Å². The topological polar surface area (TPSA) is 33.2 Å². The third-order valence-corrected chi connectivity index (χ3v) is 6.71. The Morgan fingerprint density at radius 3 is 2.00 bits per heavy atom. The van der Waals surface area contributed by atoms with Crippen molar-refractivity contribution < 1.29 is 4.79 Å². The normalized spacial score (nSPS) is 10.6. The summed E-state index contributed by atoms with van der Waals surface area (Å²) in [6.45, 7) is 0. The van der Waals surface area contributed by atoms with Gasteiger partial charge in [0.1, 0.15) is 0 Å². The second-order valence-corrected chi connectivity index (χ2v) is 8.18. The Morgan fingerprint density at radius 2 is 1.37 bits per heavy atom. The fraction of sp³-hybridized carbons (Fsp3) is 0.0435. The summed E-state index contributed by atoms with van der Waals surface area (Å²) in [7, 11) is 2.01. The summed E-state index contributed by atoms with van der Waals surface area (Å²) in [6, 6.07) is 29.5. The molecule has 0 atom stereocenters. The molecule has 1 aromatic heterocycles. The van der Waals surface area contributed by atoms with Crippen molar-refractivity contribution in [3.8, 4) is 11.3 Å². The van der Waals surface area contributed by atoms with Crippen molar-refractivity contribution >= 4 is 30.7 Å². The third kappa shape index (κ3) is 3.63. The van der Waals surface area contributed by atoms with Crippen LogP contribution in [0.4, 0.5) is 10.4 Å². The van der Waals surface area contributed by atoms with Gasteiger partial charge >= 0.3 is 165 Å². The molecule has 132 valence electrons. The average Bonchev–Trinajstić information content (AvgIpc) is 3.20. The fourth-order valence-electron chi connectivity index (χ4n) is 2.88. The molecule has 3 aromatic carbocycles. The second kappa shape index (κ2) is 7.75. The van der Waals surface area contributed by atoms with Gasteiger partial charge in [-0.2, -0.15) is 0 Å². The molecule has 0 amide bonds. The molecule has 0 spiro atoms. The molecule has 4 heteroatoms. The number of ketones is 1. The van der Waals surface area contributed by atoms with Gasteiger partial charge in [-0.3, -0.25) is 0 Å². The van der Waals surface area contributed by atoms with Crippen LogP contribution in [0.1, 0.15) is 14.8 Å². The van der Waals surface area contributed by atoms with E-state index in [2.05, 4.69) is 17.0 Å². The molecular weight excluding hydrogens is 399 g/mol. The summed E-state index contributed by atoms with van der Waals surface area (Å²) in [6.07, 6.45) is 0. The maximum absolute atomic E-state index is 13.2. The monoisotopic (exact) mass is 418 g/mol. The molecule has 0 aliphatic heterocycles. The number of para-hydroxylation sites is 1. The van der Waals surface area contributed by atoms with E-state index < -0.39 is 0 Å². The Labute approximate surface area is 164 Å². The van der Waals surface area contributed by atoms with Gasteiger partial charge in [0.05, 0.1) is 0 Å². The first-order chi connectivity index (χ1) is 13.2. The molecule has 0 fully saturated rings. The van der Waals surface area contributed by atoms with E-state index in [1.165, 1.54) is 0 Å². The van der Waals surface area contributed by atoms with Gasteiger partial charge in [0.25, 0.3) is 0 Å². The third-order valence-electron chi connectivity index (χ3n) is 4.34. The molecule has 1 heterocycles. The summed E-state index contributed by atoms with van der Waals surface area (Å²) in [5.74, 6) is 0.0645. The molecule has 0 aliphatic rings. The first-order valence-corrected chi connectivity index (χ1v) is 10.4. The van der Waals surface area contributed by atoms with Crippen molar-refractivity contribution in [1.29, 1.82) is 0 Å². The van der Waals surface area contributed by atoms with Crippen LogP contribution in [0.15, 0.2) is 91.0 Å². The van der Waals surface area contributed by atoms with Crippen molar-refractivity contribution in [3.63, 3.8) is 0 Å². The molecule has 0 saturated heterocycles. The Kier molecular flexibility index (Phi) is 5.01. The Balaban J connectivity index is 1.82. The van der Waals surface area contributed by atoms with Gasteiger partial charge in [-0.05, 0) is 0 Å². The van der Waals surface area contributed by atoms with Gasteiger partial charge in [0.15, 0.2) is 0 Å². The van der Waals surface area contributed by atoms with Gasteiger partial charge in [-0.1, -0.05) is 0 Å². The number of rotatable bonds is 5. The number of nitrogens with zero attached hydrogens (tertiary/aromatic N) is 2. The van der Waals surface area contributed by atoms with E-state index in [9.17, 15) is 4.79 Å². The number of anilines is 2. The fourth-order valence-corrected chi connectivity index (χ4v) is 5.05. The Bertz CT molecular complexity index is 1040. The van der Waals surface area contributed by atoms with Crippen molar-refractivity contribution in [2.45, 2.75) is 0 Å². The molecule has 27 heavy (non-hydrogen) atoms.